The minimum Gasteiger partial charge on any atom is -0.860 e. The predicted molar refractivity (Wildman–Crippen MR) is 77.0 cm³/mol. The quantitative estimate of drug-likeness (QED) is 0.492. The van der Waals surface area contributed by atoms with Crippen LogP contribution in [0.2, 0.25) is 0 Å². The molecule has 0 spiro atoms. The summed E-state index contributed by atoms with van der Waals surface area (Å²) in [7, 11) is 0. The molecule has 2 aliphatic rings. The van der Waals surface area contributed by atoms with Crippen LogP contribution in [0.4, 0.5) is 0 Å². The summed E-state index contributed by atoms with van der Waals surface area (Å²) < 4.78 is 0. The van der Waals surface area contributed by atoms with Crippen molar-refractivity contribution >= 4 is 0 Å². The van der Waals surface area contributed by atoms with E-state index < -0.39 is 0 Å². The first-order valence-electron chi connectivity index (χ1n) is 7.01. The molecule has 0 unspecified atom stereocenters. The van der Waals surface area contributed by atoms with Gasteiger partial charge < -0.3 is 10.8 Å². The summed E-state index contributed by atoms with van der Waals surface area (Å²) in [6.45, 7) is 0. The zero-order valence-corrected chi connectivity index (χ0v) is 12.7. The van der Waals surface area contributed by atoms with Gasteiger partial charge in [0.15, 0.2) is 0 Å². The fraction of sp³-hybridized carbons (Fsp3) is 0.353. The Hall–Kier alpha value is -1.31. The van der Waals surface area contributed by atoms with Crippen molar-refractivity contribution in [3.63, 3.8) is 0 Å². The van der Waals surface area contributed by atoms with Gasteiger partial charge in [0, 0.05) is 0 Å². The summed E-state index contributed by atoms with van der Waals surface area (Å²) in [5, 5.41) is 11.1. The minimum atomic E-state index is -0.282. The Bertz CT molecular complexity index is 444. The molecule has 1 aromatic rings. The molecule has 2 aliphatic carbocycles. The fourth-order valence-corrected chi connectivity index (χ4v) is 2.75. The topological polar surface area (TPSA) is 49.1 Å². The van der Waals surface area contributed by atoms with Crippen molar-refractivity contribution in [1.29, 1.82) is 0 Å². The van der Waals surface area contributed by atoms with Gasteiger partial charge in [0.25, 0.3) is 0 Å². The zero-order valence-electron chi connectivity index (χ0n) is 11.6. The van der Waals surface area contributed by atoms with Gasteiger partial charge in [0.05, 0.1) is 0 Å². The monoisotopic (exact) mass is 311 g/mol. The predicted octanol–water partition coefficient (Wildman–Crippen LogP) is 3.00. The standard InChI is InChI=1S/C12H17NO.C5H5.Fe/c13-12(14)11-8-4-7-10(11)9-5-2-1-3-6-9;1-2-4-5-3-1;/h4,7-9,14H,1-3,5-6,13H2;1-5H;/q;-1;+2/p-1. The van der Waals surface area contributed by atoms with Gasteiger partial charge in [-0.3, -0.25) is 0 Å². The Morgan fingerprint density at radius 2 is 1.80 bits per heavy atom. The first kappa shape index (κ1) is 16.7. The van der Waals surface area contributed by atoms with Gasteiger partial charge in [0.1, 0.15) is 0 Å². The Morgan fingerprint density at radius 3 is 2.30 bits per heavy atom. The second-order valence-electron chi connectivity index (χ2n) is 5.06. The first-order chi connectivity index (χ1) is 9.29. The van der Waals surface area contributed by atoms with Crippen LogP contribution in [0, 0.1) is 5.92 Å². The van der Waals surface area contributed by atoms with E-state index >= 15 is 0 Å². The molecular weight excluding hydrogens is 290 g/mol. The molecule has 0 heterocycles. The average molecular weight is 311 g/mol. The van der Waals surface area contributed by atoms with Gasteiger partial charge in [-0.2, -0.15) is 18.2 Å². The third-order valence-corrected chi connectivity index (χ3v) is 3.72. The molecule has 20 heavy (non-hydrogen) atoms. The van der Waals surface area contributed by atoms with Crippen molar-refractivity contribution in [3.05, 3.63) is 65.6 Å². The molecule has 1 aromatic carbocycles. The largest absolute Gasteiger partial charge is 2.00 e. The number of nitrogens with two attached hydrogens (primary N) is 1. The van der Waals surface area contributed by atoms with E-state index in [0.29, 0.717) is 5.92 Å². The van der Waals surface area contributed by atoms with Crippen molar-refractivity contribution in [1.82, 2.24) is 0 Å². The average Bonchev–Trinajstić information content (AvgIpc) is 3.14. The van der Waals surface area contributed by atoms with Gasteiger partial charge in [-0.15, -0.1) is 0 Å². The molecule has 108 valence electrons. The summed E-state index contributed by atoms with van der Waals surface area (Å²) in [4.78, 5) is 0. The van der Waals surface area contributed by atoms with Crippen LogP contribution >= 0.6 is 0 Å². The fourth-order valence-electron chi connectivity index (χ4n) is 2.75. The first-order valence-corrected chi connectivity index (χ1v) is 7.01. The summed E-state index contributed by atoms with van der Waals surface area (Å²) in [5.74, 6) is 0.289. The molecule has 3 rings (SSSR count). The van der Waals surface area contributed by atoms with E-state index in [4.69, 9.17) is 5.73 Å². The van der Waals surface area contributed by atoms with Crippen molar-refractivity contribution in [3.8, 4) is 0 Å². The molecule has 0 aromatic heterocycles. The molecule has 2 N–H and O–H groups in total. The van der Waals surface area contributed by atoms with Crippen LogP contribution in [0.1, 0.15) is 32.1 Å². The van der Waals surface area contributed by atoms with Crippen molar-refractivity contribution < 1.29 is 22.2 Å². The Kier molecular flexibility index (Phi) is 7.35. The van der Waals surface area contributed by atoms with Gasteiger partial charge in [-0.25, -0.2) is 12.1 Å². The van der Waals surface area contributed by atoms with Crippen LogP contribution in [-0.2, 0) is 17.1 Å². The second-order valence-corrected chi connectivity index (χ2v) is 5.06. The van der Waals surface area contributed by atoms with Crippen LogP contribution in [0.3, 0.4) is 0 Å². The summed E-state index contributed by atoms with van der Waals surface area (Å²) in [5.41, 5.74) is 7.24. The Morgan fingerprint density at radius 1 is 1.15 bits per heavy atom. The molecule has 3 heteroatoms. The third kappa shape index (κ3) is 4.66. The van der Waals surface area contributed by atoms with E-state index in [9.17, 15) is 5.11 Å². The molecule has 2 nitrogen and oxygen atoms in total. The van der Waals surface area contributed by atoms with Crippen molar-refractivity contribution in [2.75, 3.05) is 0 Å². The molecular formula is C17H21FeNO. The molecule has 0 radical (unpaired) electrons. The van der Waals surface area contributed by atoms with E-state index in [1.165, 1.54) is 37.7 Å². The number of hydrogen-bond donors (Lipinski definition) is 1. The van der Waals surface area contributed by atoms with E-state index in [2.05, 4.69) is 6.08 Å². The molecule has 0 amide bonds. The van der Waals surface area contributed by atoms with E-state index in [1.807, 2.05) is 42.5 Å². The maximum absolute atomic E-state index is 11.1. The van der Waals surface area contributed by atoms with E-state index in [-0.39, 0.29) is 23.0 Å². The van der Waals surface area contributed by atoms with E-state index in [1.54, 1.807) is 0 Å². The Balaban J connectivity index is 0.000000283. The van der Waals surface area contributed by atoms with Crippen LogP contribution in [0.5, 0.6) is 0 Å². The third-order valence-electron chi connectivity index (χ3n) is 3.72. The summed E-state index contributed by atoms with van der Waals surface area (Å²) in [6.07, 6.45) is 12.2. The van der Waals surface area contributed by atoms with Crippen LogP contribution in [-0.4, -0.2) is 0 Å². The van der Waals surface area contributed by atoms with Crippen LogP contribution in [0.15, 0.2) is 65.6 Å². The van der Waals surface area contributed by atoms with Crippen LogP contribution < -0.4 is 10.8 Å². The SMILES string of the molecule is NC([O-])=C1C=CC=C1C1CCCCC1.[Fe+2].c1cc[cH-]c1. The molecule has 0 saturated heterocycles. The second kappa shape index (κ2) is 8.78. The molecule has 0 atom stereocenters. The van der Waals surface area contributed by atoms with Gasteiger partial charge in [-0.05, 0) is 35.8 Å². The zero-order chi connectivity index (χ0) is 13.5. The number of rotatable bonds is 1. The molecule has 1 saturated carbocycles. The van der Waals surface area contributed by atoms with Gasteiger partial charge in [-0.1, -0.05) is 37.5 Å². The van der Waals surface area contributed by atoms with Gasteiger partial charge >= 0.3 is 17.1 Å². The summed E-state index contributed by atoms with van der Waals surface area (Å²) >= 11 is 0. The normalized spacial score (nSPS) is 20.5. The van der Waals surface area contributed by atoms with Crippen molar-refractivity contribution in [2.45, 2.75) is 32.1 Å². The summed E-state index contributed by atoms with van der Waals surface area (Å²) in [6, 6.07) is 10.0. The minimum absolute atomic E-state index is 0. The van der Waals surface area contributed by atoms with Gasteiger partial charge in [0.2, 0.25) is 0 Å². The molecule has 1 fully saturated rings. The smallest absolute Gasteiger partial charge is 0.860 e. The maximum Gasteiger partial charge on any atom is 2.00 e. The number of hydrogen-bond acceptors (Lipinski definition) is 2. The van der Waals surface area contributed by atoms with E-state index in [0.717, 1.165) is 5.57 Å². The van der Waals surface area contributed by atoms with Crippen LogP contribution in [0.25, 0.3) is 0 Å². The number of allylic oxidation sites excluding steroid dienone is 5. The molecule has 0 bridgehead atoms. The Labute approximate surface area is 131 Å². The maximum atomic E-state index is 11.1. The molecule has 0 aliphatic heterocycles. The van der Waals surface area contributed by atoms with Crippen molar-refractivity contribution in [2.24, 2.45) is 11.7 Å².